The molecule has 1 saturated heterocycles. The normalized spacial score (nSPS) is 32.4. The van der Waals surface area contributed by atoms with E-state index in [9.17, 15) is 9.59 Å². The van der Waals surface area contributed by atoms with Gasteiger partial charge in [0.25, 0.3) is 0 Å². The Morgan fingerprint density at radius 1 is 1.15 bits per heavy atom. The maximum atomic E-state index is 13.5. The number of aryl methyl sites for hydroxylation is 1. The Kier molecular flexibility index (Phi) is 5.71. The van der Waals surface area contributed by atoms with Crippen molar-refractivity contribution in [2.45, 2.75) is 81.6 Å². The summed E-state index contributed by atoms with van der Waals surface area (Å²) >= 11 is 0. The average Bonchev–Trinajstić information content (AvgIpc) is 3.66. The standard InChI is InChI=1S/C33H38N2O4/c1-21-6-4-7-23(18-21)12-13-29(37)34(3)26-14-15-33(39-22(2)36)28-19-25-8-5-9-27-30(25)32(33,31(26)38-27)16-17-35(28)20-24-10-11-24/h4-9,12-13,18,24,26,28,31H,10-11,14-17,19-20H2,1-3H3/b13-12+/t26?,28-,31?,32+,33-/m1/s1. The van der Waals surface area contributed by atoms with E-state index in [2.05, 4.69) is 42.2 Å². The number of benzene rings is 2. The van der Waals surface area contributed by atoms with Gasteiger partial charge in [-0.05, 0) is 81.2 Å². The molecule has 204 valence electrons. The summed E-state index contributed by atoms with van der Waals surface area (Å²) in [5, 5.41) is 0. The molecule has 0 radical (unpaired) electrons. The van der Waals surface area contributed by atoms with Gasteiger partial charge in [-0.3, -0.25) is 14.5 Å². The molecule has 2 heterocycles. The van der Waals surface area contributed by atoms with Gasteiger partial charge in [-0.2, -0.15) is 0 Å². The highest BCUT2D eigenvalue weighted by molar-refractivity contribution is 5.92. The summed E-state index contributed by atoms with van der Waals surface area (Å²) < 4.78 is 13.4. The van der Waals surface area contributed by atoms with Crippen molar-refractivity contribution in [2.75, 3.05) is 20.1 Å². The van der Waals surface area contributed by atoms with Crippen LogP contribution >= 0.6 is 0 Å². The number of rotatable bonds is 6. The van der Waals surface area contributed by atoms with E-state index in [1.54, 1.807) is 13.0 Å². The number of amides is 1. The highest BCUT2D eigenvalue weighted by atomic mass is 16.6. The summed E-state index contributed by atoms with van der Waals surface area (Å²) in [6, 6.07) is 14.6. The lowest BCUT2D eigenvalue weighted by Crippen LogP contribution is -2.79. The van der Waals surface area contributed by atoms with E-state index in [1.165, 1.54) is 29.5 Å². The van der Waals surface area contributed by atoms with Gasteiger partial charge in [0.15, 0.2) is 0 Å². The summed E-state index contributed by atoms with van der Waals surface area (Å²) in [5.41, 5.74) is 3.63. The highest BCUT2D eigenvalue weighted by Crippen LogP contribution is 2.66. The van der Waals surface area contributed by atoms with Crippen LogP contribution in [0.2, 0.25) is 0 Å². The van der Waals surface area contributed by atoms with Crippen LogP contribution < -0.4 is 4.74 Å². The van der Waals surface area contributed by atoms with Gasteiger partial charge in [0.2, 0.25) is 5.91 Å². The molecule has 2 bridgehead atoms. The predicted octanol–water partition coefficient (Wildman–Crippen LogP) is 4.67. The number of likely N-dealkylation sites (tertiary alicyclic amines) is 1. The summed E-state index contributed by atoms with van der Waals surface area (Å²) in [6.07, 6.45) is 9.12. The lowest BCUT2D eigenvalue weighted by molar-refractivity contribution is -0.223. The van der Waals surface area contributed by atoms with Crippen LogP contribution in [0.25, 0.3) is 6.08 Å². The third-order valence-electron chi connectivity index (χ3n) is 10.2. The van der Waals surface area contributed by atoms with Crippen LogP contribution in [0.1, 0.15) is 61.3 Å². The van der Waals surface area contributed by atoms with E-state index < -0.39 is 11.0 Å². The highest BCUT2D eigenvalue weighted by Gasteiger charge is 2.75. The van der Waals surface area contributed by atoms with Crippen molar-refractivity contribution < 1.29 is 19.1 Å². The summed E-state index contributed by atoms with van der Waals surface area (Å²) in [7, 11) is 1.90. The molecule has 0 N–H and O–H groups in total. The molecule has 1 spiro atoms. The number of piperidine rings is 1. The van der Waals surface area contributed by atoms with Gasteiger partial charge < -0.3 is 14.4 Å². The van der Waals surface area contributed by atoms with Gasteiger partial charge in [0, 0.05) is 32.2 Å². The maximum Gasteiger partial charge on any atom is 0.303 e. The molecular formula is C33H38N2O4. The van der Waals surface area contributed by atoms with Crippen LogP contribution in [0.4, 0.5) is 0 Å². The fourth-order valence-electron chi connectivity index (χ4n) is 8.48. The minimum Gasteiger partial charge on any atom is -0.487 e. The molecular weight excluding hydrogens is 488 g/mol. The SMILES string of the molecule is CC(=O)O[C@@]12CCC(N(C)C(=O)/C=C/c3cccc(C)c3)C3Oc4cccc5c4[C@@]31CCN(CC1CC1)[C@@H]2C5. The van der Waals surface area contributed by atoms with Crippen LogP contribution in [-0.2, 0) is 26.2 Å². The maximum absolute atomic E-state index is 13.5. The van der Waals surface area contributed by atoms with Gasteiger partial charge in [-0.15, -0.1) is 0 Å². The van der Waals surface area contributed by atoms with Crippen molar-refractivity contribution in [1.82, 2.24) is 9.80 Å². The van der Waals surface area contributed by atoms with Crippen LogP contribution in [0.15, 0.2) is 48.5 Å². The minimum atomic E-state index is -0.645. The topological polar surface area (TPSA) is 59.1 Å². The predicted molar refractivity (Wildman–Crippen MR) is 149 cm³/mol. The number of carbonyl (C=O) groups excluding carboxylic acids is 2. The molecule has 2 aliphatic heterocycles. The molecule has 3 fully saturated rings. The molecule has 0 aromatic heterocycles. The van der Waals surface area contributed by atoms with Gasteiger partial charge >= 0.3 is 5.97 Å². The van der Waals surface area contributed by atoms with Gasteiger partial charge in [0.05, 0.1) is 17.5 Å². The molecule has 5 aliphatic rings. The molecule has 39 heavy (non-hydrogen) atoms. The fraction of sp³-hybridized carbons (Fsp3) is 0.515. The molecule has 2 aromatic carbocycles. The Morgan fingerprint density at radius 3 is 2.74 bits per heavy atom. The Bertz CT molecular complexity index is 1370. The van der Waals surface area contributed by atoms with Crippen LogP contribution in [-0.4, -0.2) is 65.6 Å². The lowest BCUT2D eigenvalue weighted by atomic mass is 9.48. The summed E-state index contributed by atoms with van der Waals surface area (Å²) in [5.74, 6) is 1.42. The summed E-state index contributed by atoms with van der Waals surface area (Å²) in [4.78, 5) is 30.8. The first-order valence-electron chi connectivity index (χ1n) is 14.6. The second-order valence-electron chi connectivity index (χ2n) is 12.5. The van der Waals surface area contributed by atoms with Crippen molar-refractivity contribution in [3.63, 3.8) is 0 Å². The van der Waals surface area contributed by atoms with E-state index >= 15 is 0 Å². The number of ether oxygens (including phenoxy) is 2. The lowest BCUT2D eigenvalue weighted by Gasteiger charge is -2.65. The van der Waals surface area contributed by atoms with Gasteiger partial charge in [0.1, 0.15) is 17.5 Å². The molecule has 6 heteroatoms. The number of hydrogen-bond acceptors (Lipinski definition) is 5. The molecule has 5 atom stereocenters. The Morgan fingerprint density at radius 2 is 1.97 bits per heavy atom. The zero-order chi connectivity index (χ0) is 26.9. The first-order chi connectivity index (χ1) is 18.8. The van der Waals surface area contributed by atoms with Crippen molar-refractivity contribution in [3.8, 4) is 5.75 Å². The third kappa shape index (κ3) is 3.71. The fourth-order valence-corrected chi connectivity index (χ4v) is 8.48. The number of likely N-dealkylation sites (N-methyl/N-ethyl adjacent to an activating group) is 1. The first kappa shape index (κ1) is 24.9. The molecule has 1 amide bonds. The van der Waals surface area contributed by atoms with Crippen LogP contribution in [0, 0.1) is 12.8 Å². The molecule has 3 aliphatic carbocycles. The monoisotopic (exact) mass is 526 g/mol. The average molecular weight is 527 g/mol. The largest absolute Gasteiger partial charge is 0.487 e. The van der Waals surface area contributed by atoms with E-state index in [-0.39, 0.29) is 30.1 Å². The quantitative estimate of drug-likeness (QED) is 0.405. The molecule has 6 nitrogen and oxygen atoms in total. The van der Waals surface area contributed by atoms with Crippen LogP contribution in [0.5, 0.6) is 5.75 Å². The minimum absolute atomic E-state index is 0.0313. The molecule has 2 unspecified atom stereocenters. The van der Waals surface area contributed by atoms with Crippen molar-refractivity contribution in [3.05, 3.63) is 70.8 Å². The zero-order valence-corrected chi connectivity index (χ0v) is 23.2. The molecule has 2 aromatic rings. The number of hydrogen-bond donors (Lipinski definition) is 0. The zero-order valence-electron chi connectivity index (χ0n) is 23.2. The van der Waals surface area contributed by atoms with Crippen molar-refractivity contribution in [2.24, 2.45) is 5.92 Å². The Labute approximate surface area is 231 Å². The van der Waals surface area contributed by atoms with E-state index in [0.29, 0.717) is 0 Å². The van der Waals surface area contributed by atoms with Gasteiger partial charge in [-0.1, -0.05) is 42.0 Å². The molecule has 2 saturated carbocycles. The second-order valence-corrected chi connectivity index (χ2v) is 12.5. The third-order valence-corrected chi connectivity index (χ3v) is 10.2. The van der Waals surface area contributed by atoms with Crippen molar-refractivity contribution >= 4 is 18.0 Å². The first-order valence-corrected chi connectivity index (χ1v) is 14.6. The molecule has 7 rings (SSSR count). The number of nitrogens with zero attached hydrogens (tertiary/aromatic N) is 2. The summed E-state index contributed by atoms with van der Waals surface area (Å²) in [6.45, 7) is 5.65. The van der Waals surface area contributed by atoms with E-state index in [4.69, 9.17) is 9.47 Å². The Balaban J connectivity index is 1.27. The Hall–Kier alpha value is -3.12. The van der Waals surface area contributed by atoms with E-state index in [1.807, 2.05) is 30.2 Å². The smallest absolute Gasteiger partial charge is 0.303 e. The van der Waals surface area contributed by atoms with E-state index in [0.717, 1.165) is 56.0 Å². The van der Waals surface area contributed by atoms with Gasteiger partial charge in [-0.25, -0.2) is 0 Å². The second kappa shape index (κ2) is 8.95. The number of esters is 1. The number of carbonyl (C=O) groups is 2. The van der Waals surface area contributed by atoms with Crippen molar-refractivity contribution in [1.29, 1.82) is 0 Å². The van der Waals surface area contributed by atoms with Crippen LogP contribution in [0.3, 0.4) is 0 Å².